The second-order valence-electron chi connectivity index (χ2n) is 5.32. The lowest BCUT2D eigenvalue weighted by atomic mass is 10.2. The van der Waals surface area contributed by atoms with Crippen molar-refractivity contribution in [1.29, 1.82) is 0 Å². The van der Waals surface area contributed by atoms with Gasteiger partial charge in [-0.1, -0.05) is 71.5 Å². The Labute approximate surface area is 165 Å². The van der Waals surface area contributed by atoms with Crippen LogP contribution in [0.25, 0.3) is 6.08 Å². The average molecular weight is 402 g/mol. The molecule has 26 heavy (non-hydrogen) atoms. The van der Waals surface area contributed by atoms with E-state index >= 15 is 0 Å². The van der Waals surface area contributed by atoms with E-state index in [9.17, 15) is 4.79 Å². The van der Waals surface area contributed by atoms with Crippen LogP contribution in [0.2, 0.25) is 5.02 Å². The molecule has 132 valence electrons. The van der Waals surface area contributed by atoms with E-state index in [1.165, 1.54) is 23.0 Å². The number of carbonyl (C=O) groups is 1. The van der Waals surface area contributed by atoms with Crippen LogP contribution in [-0.2, 0) is 16.3 Å². The third-order valence-electron chi connectivity index (χ3n) is 3.35. The Balaban J connectivity index is 1.48. The van der Waals surface area contributed by atoms with Crippen LogP contribution in [0, 0.1) is 0 Å². The van der Waals surface area contributed by atoms with Crippen LogP contribution in [0.5, 0.6) is 0 Å². The highest BCUT2D eigenvalue weighted by atomic mass is 35.5. The SMILES string of the molecule is O=C(/C=C/c1ccccc1Cl)Nc1nnc(CSCc2ccccc2)s1. The highest BCUT2D eigenvalue weighted by molar-refractivity contribution is 7.97. The van der Waals surface area contributed by atoms with Gasteiger partial charge in [-0.2, -0.15) is 0 Å². The summed E-state index contributed by atoms with van der Waals surface area (Å²) in [6, 6.07) is 17.6. The van der Waals surface area contributed by atoms with Crippen LogP contribution in [0.1, 0.15) is 16.1 Å². The van der Waals surface area contributed by atoms with Gasteiger partial charge in [0.1, 0.15) is 5.01 Å². The molecule has 0 bridgehead atoms. The van der Waals surface area contributed by atoms with Crippen LogP contribution < -0.4 is 5.32 Å². The van der Waals surface area contributed by atoms with Gasteiger partial charge in [0.05, 0.1) is 0 Å². The van der Waals surface area contributed by atoms with Crippen LogP contribution in [0.3, 0.4) is 0 Å². The van der Waals surface area contributed by atoms with Crippen LogP contribution in [-0.4, -0.2) is 16.1 Å². The zero-order valence-corrected chi connectivity index (χ0v) is 16.2. The molecule has 0 atom stereocenters. The number of hydrogen-bond donors (Lipinski definition) is 1. The highest BCUT2D eigenvalue weighted by Crippen LogP contribution is 2.23. The van der Waals surface area contributed by atoms with E-state index in [1.54, 1.807) is 23.9 Å². The Morgan fingerprint density at radius 1 is 1.08 bits per heavy atom. The number of benzene rings is 2. The molecule has 0 spiro atoms. The maximum absolute atomic E-state index is 12.0. The number of aromatic nitrogens is 2. The van der Waals surface area contributed by atoms with E-state index < -0.39 is 0 Å². The normalized spacial score (nSPS) is 11.0. The molecular formula is C19H16ClN3OS2. The van der Waals surface area contributed by atoms with Gasteiger partial charge in [0.2, 0.25) is 11.0 Å². The van der Waals surface area contributed by atoms with Crippen molar-refractivity contribution in [3.05, 3.63) is 81.8 Å². The first-order valence-corrected chi connectivity index (χ1v) is 10.2. The Morgan fingerprint density at radius 2 is 1.85 bits per heavy atom. The summed E-state index contributed by atoms with van der Waals surface area (Å²) in [6.07, 6.45) is 3.11. The van der Waals surface area contributed by atoms with Gasteiger partial charge < -0.3 is 0 Å². The van der Waals surface area contributed by atoms with Crippen molar-refractivity contribution in [3.8, 4) is 0 Å². The number of nitrogens with zero attached hydrogens (tertiary/aromatic N) is 2. The number of thioether (sulfide) groups is 1. The van der Waals surface area contributed by atoms with Gasteiger partial charge in [0, 0.05) is 22.6 Å². The fourth-order valence-corrected chi connectivity index (χ4v) is 4.10. The molecule has 2 aromatic carbocycles. The first kappa shape index (κ1) is 18.6. The van der Waals surface area contributed by atoms with E-state index in [0.29, 0.717) is 10.2 Å². The smallest absolute Gasteiger partial charge is 0.250 e. The summed E-state index contributed by atoms with van der Waals surface area (Å²) in [5.74, 6) is 1.42. The number of carbonyl (C=O) groups excluding carboxylic acids is 1. The Morgan fingerprint density at radius 3 is 2.65 bits per heavy atom. The molecule has 3 rings (SSSR count). The largest absolute Gasteiger partial charge is 0.297 e. The fourth-order valence-electron chi connectivity index (χ4n) is 2.12. The Kier molecular flexibility index (Phi) is 6.82. The van der Waals surface area contributed by atoms with Crippen molar-refractivity contribution in [2.75, 3.05) is 5.32 Å². The van der Waals surface area contributed by atoms with Gasteiger partial charge in [-0.05, 0) is 23.3 Å². The fraction of sp³-hybridized carbons (Fsp3) is 0.105. The minimum absolute atomic E-state index is 0.260. The molecule has 1 amide bonds. The quantitative estimate of drug-likeness (QED) is 0.547. The first-order valence-electron chi connectivity index (χ1n) is 7.88. The maximum atomic E-state index is 12.0. The van der Waals surface area contributed by atoms with Crippen LogP contribution in [0.15, 0.2) is 60.7 Å². The van der Waals surface area contributed by atoms with E-state index in [2.05, 4.69) is 27.6 Å². The Hall–Kier alpha value is -2.15. The highest BCUT2D eigenvalue weighted by Gasteiger charge is 2.07. The lowest BCUT2D eigenvalue weighted by Crippen LogP contribution is -2.07. The predicted molar refractivity (Wildman–Crippen MR) is 110 cm³/mol. The van der Waals surface area contributed by atoms with Crippen LogP contribution in [0.4, 0.5) is 5.13 Å². The molecule has 0 aliphatic rings. The first-order chi connectivity index (χ1) is 12.7. The lowest BCUT2D eigenvalue weighted by Gasteiger charge is -1.99. The van der Waals surface area contributed by atoms with Gasteiger partial charge in [-0.25, -0.2) is 0 Å². The zero-order chi connectivity index (χ0) is 18.2. The third kappa shape index (κ3) is 5.69. The average Bonchev–Trinajstić information content (AvgIpc) is 3.09. The summed E-state index contributed by atoms with van der Waals surface area (Å²) in [5, 5.41) is 12.8. The van der Waals surface area contributed by atoms with Crippen molar-refractivity contribution in [2.24, 2.45) is 0 Å². The van der Waals surface area contributed by atoms with Crippen molar-refractivity contribution in [2.45, 2.75) is 11.5 Å². The minimum Gasteiger partial charge on any atom is -0.297 e. The summed E-state index contributed by atoms with van der Waals surface area (Å²) < 4.78 is 0. The van der Waals surface area contributed by atoms with Crippen LogP contribution >= 0.6 is 34.7 Å². The molecule has 0 saturated carbocycles. The number of hydrogen-bond acceptors (Lipinski definition) is 5. The summed E-state index contributed by atoms with van der Waals surface area (Å²) in [5.41, 5.74) is 2.07. The second kappa shape index (κ2) is 9.52. The predicted octanol–water partition coefficient (Wildman–Crippen LogP) is 5.28. The van der Waals surface area contributed by atoms with Gasteiger partial charge in [-0.3, -0.25) is 10.1 Å². The summed E-state index contributed by atoms with van der Waals surface area (Å²) in [6.45, 7) is 0. The topological polar surface area (TPSA) is 54.9 Å². The molecule has 0 saturated heterocycles. The van der Waals surface area contributed by atoms with E-state index in [1.807, 2.05) is 36.4 Å². The summed E-state index contributed by atoms with van der Waals surface area (Å²) >= 11 is 9.21. The van der Waals surface area contributed by atoms with Crippen molar-refractivity contribution >= 4 is 51.8 Å². The molecule has 0 fully saturated rings. The van der Waals surface area contributed by atoms with E-state index in [-0.39, 0.29) is 5.91 Å². The third-order valence-corrected chi connectivity index (χ3v) is 5.73. The van der Waals surface area contributed by atoms with Crippen molar-refractivity contribution < 1.29 is 4.79 Å². The molecule has 4 nitrogen and oxygen atoms in total. The Bertz CT molecular complexity index is 897. The lowest BCUT2D eigenvalue weighted by molar-refractivity contribution is -0.111. The zero-order valence-electron chi connectivity index (χ0n) is 13.8. The number of amides is 1. The minimum atomic E-state index is -0.260. The molecule has 1 aromatic heterocycles. The van der Waals surface area contributed by atoms with Gasteiger partial charge in [-0.15, -0.1) is 22.0 Å². The number of nitrogens with one attached hydrogen (secondary N) is 1. The number of anilines is 1. The molecule has 0 aliphatic heterocycles. The van der Waals surface area contributed by atoms with E-state index in [0.717, 1.165) is 22.1 Å². The molecule has 0 unspecified atom stereocenters. The molecule has 0 radical (unpaired) electrons. The molecule has 3 aromatic rings. The van der Waals surface area contributed by atoms with E-state index in [4.69, 9.17) is 11.6 Å². The second-order valence-corrected chi connectivity index (χ2v) is 7.78. The summed E-state index contributed by atoms with van der Waals surface area (Å²) in [7, 11) is 0. The summed E-state index contributed by atoms with van der Waals surface area (Å²) in [4.78, 5) is 12.0. The molecule has 1 heterocycles. The molecular weight excluding hydrogens is 386 g/mol. The number of halogens is 1. The standard InChI is InChI=1S/C19H16ClN3OS2/c20-16-9-5-4-8-15(16)10-11-17(24)21-19-23-22-18(26-19)13-25-12-14-6-2-1-3-7-14/h1-11H,12-13H2,(H,21,23,24)/b11-10+. The maximum Gasteiger partial charge on any atom is 0.250 e. The molecule has 1 N–H and O–H groups in total. The van der Waals surface area contributed by atoms with Crippen molar-refractivity contribution in [3.63, 3.8) is 0 Å². The molecule has 7 heteroatoms. The van der Waals surface area contributed by atoms with Gasteiger partial charge in [0.15, 0.2) is 0 Å². The van der Waals surface area contributed by atoms with Gasteiger partial charge >= 0.3 is 0 Å². The monoisotopic (exact) mass is 401 g/mol. The number of rotatable bonds is 7. The van der Waals surface area contributed by atoms with Gasteiger partial charge in [0.25, 0.3) is 0 Å². The molecule has 0 aliphatic carbocycles. The van der Waals surface area contributed by atoms with Crippen molar-refractivity contribution in [1.82, 2.24) is 10.2 Å².